The number of hydrogen-bond donors (Lipinski definition) is 1. The van der Waals surface area contributed by atoms with Crippen molar-refractivity contribution in [1.29, 1.82) is 0 Å². The van der Waals surface area contributed by atoms with Crippen LogP contribution in [0.3, 0.4) is 0 Å². The maximum Gasteiger partial charge on any atom is 0.0652 e. The molecule has 1 aromatic carbocycles. The molecule has 0 spiro atoms. The van der Waals surface area contributed by atoms with Crippen molar-refractivity contribution in [3.05, 3.63) is 49.0 Å². The maximum atomic E-state index is 6.05. The van der Waals surface area contributed by atoms with Crippen LogP contribution in [0.4, 0.5) is 5.69 Å². The molecule has 0 aliphatic rings. The molecule has 1 N–H and O–H groups in total. The highest BCUT2D eigenvalue weighted by atomic mass is 79.9. The lowest BCUT2D eigenvalue weighted by Crippen LogP contribution is -1.98. The number of benzene rings is 1. The average Bonchev–Trinajstić information content (AvgIpc) is 2.63. The Hall–Kier alpha value is -0.220. The van der Waals surface area contributed by atoms with E-state index >= 15 is 0 Å². The fourth-order valence-corrected chi connectivity index (χ4v) is 3.17. The molecular formula is C11H8BrCl2NS. The Balaban J connectivity index is 2.08. The van der Waals surface area contributed by atoms with E-state index in [4.69, 9.17) is 23.2 Å². The van der Waals surface area contributed by atoms with Crippen molar-refractivity contribution in [2.45, 2.75) is 6.54 Å². The molecule has 0 saturated carbocycles. The predicted octanol–water partition coefficient (Wildman–Crippen LogP) is 5.43. The Morgan fingerprint density at radius 1 is 1.25 bits per heavy atom. The first kappa shape index (κ1) is 12.2. The van der Waals surface area contributed by atoms with E-state index in [9.17, 15) is 0 Å². The van der Waals surface area contributed by atoms with Crippen LogP contribution in [0.2, 0.25) is 10.0 Å². The van der Waals surface area contributed by atoms with Crippen molar-refractivity contribution in [3.8, 4) is 0 Å². The summed E-state index contributed by atoms with van der Waals surface area (Å²) in [5.41, 5.74) is 0.895. The van der Waals surface area contributed by atoms with Gasteiger partial charge in [0.05, 0.1) is 17.3 Å². The molecule has 1 nitrogen and oxygen atoms in total. The summed E-state index contributed by atoms with van der Waals surface area (Å²) in [6.07, 6.45) is 0. The first-order valence-electron chi connectivity index (χ1n) is 4.57. The molecule has 0 aliphatic carbocycles. The monoisotopic (exact) mass is 335 g/mol. The van der Waals surface area contributed by atoms with Crippen LogP contribution in [-0.2, 0) is 6.54 Å². The minimum atomic E-state index is 0.639. The molecular weight excluding hydrogens is 329 g/mol. The van der Waals surface area contributed by atoms with Gasteiger partial charge in [0.2, 0.25) is 0 Å². The zero-order valence-electron chi connectivity index (χ0n) is 8.14. The summed E-state index contributed by atoms with van der Waals surface area (Å²) in [6.45, 7) is 0.750. The van der Waals surface area contributed by atoms with Crippen LogP contribution in [-0.4, -0.2) is 0 Å². The second kappa shape index (κ2) is 5.41. The number of thiophene rings is 1. The average molecular weight is 337 g/mol. The van der Waals surface area contributed by atoms with Crippen LogP contribution in [0.25, 0.3) is 0 Å². The minimum Gasteiger partial charge on any atom is -0.379 e. The SMILES string of the molecule is Clc1ccc(NCc2sccc2Br)c(Cl)c1. The van der Waals surface area contributed by atoms with Crippen LogP contribution in [0.5, 0.6) is 0 Å². The van der Waals surface area contributed by atoms with Gasteiger partial charge in [0, 0.05) is 14.4 Å². The van der Waals surface area contributed by atoms with Crippen LogP contribution >= 0.6 is 50.5 Å². The Morgan fingerprint density at radius 2 is 2.06 bits per heavy atom. The van der Waals surface area contributed by atoms with E-state index in [1.807, 2.05) is 23.6 Å². The summed E-state index contributed by atoms with van der Waals surface area (Å²) in [7, 11) is 0. The second-order valence-corrected chi connectivity index (χ2v) is 5.87. The highest BCUT2D eigenvalue weighted by Crippen LogP contribution is 2.28. The van der Waals surface area contributed by atoms with E-state index in [1.54, 1.807) is 17.4 Å². The standard InChI is InChI=1S/C11H8BrCl2NS/c12-8-3-4-16-11(8)6-15-10-2-1-7(13)5-9(10)14/h1-5,15H,6H2. The number of hydrogen-bond acceptors (Lipinski definition) is 2. The molecule has 0 atom stereocenters. The Bertz CT molecular complexity index is 498. The molecule has 84 valence electrons. The lowest BCUT2D eigenvalue weighted by Gasteiger charge is -2.07. The van der Waals surface area contributed by atoms with Gasteiger partial charge in [-0.3, -0.25) is 0 Å². The van der Waals surface area contributed by atoms with E-state index < -0.39 is 0 Å². The van der Waals surface area contributed by atoms with Gasteiger partial charge in [0.15, 0.2) is 0 Å². The summed E-state index contributed by atoms with van der Waals surface area (Å²) in [5.74, 6) is 0. The van der Waals surface area contributed by atoms with Crippen molar-refractivity contribution < 1.29 is 0 Å². The smallest absolute Gasteiger partial charge is 0.0652 e. The van der Waals surface area contributed by atoms with Gasteiger partial charge in [-0.05, 0) is 45.6 Å². The minimum absolute atomic E-state index is 0.639. The third-order valence-electron chi connectivity index (χ3n) is 2.06. The molecule has 1 heterocycles. The van der Waals surface area contributed by atoms with Gasteiger partial charge in [-0.25, -0.2) is 0 Å². The third kappa shape index (κ3) is 2.92. The van der Waals surface area contributed by atoms with Crippen molar-refractivity contribution >= 4 is 56.2 Å². The fraction of sp³-hybridized carbons (Fsp3) is 0.0909. The Kier molecular flexibility index (Phi) is 4.14. The summed E-state index contributed by atoms with van der Waals surface area (Å²) in [6, 6.07) is 7.46. The summed E-state index contributed by atoms with van der Waals surface area (Å²) in [4.78, 5) is 1.24. The highest BCUT2D eigenvalue weighted by Gasteiger charge is 2.03. The van der Waals surface area contributed by atoms with Crippen LogP contribution in [0, 0.1) is 0 Å². The topological polar surface area (TPSA) is 12.0 Å². The van der Waals surface area contributed by atoms with Crippen molar-refractivity contribution in [2.24, 2.45) is 0 Å². The molecule has 2 aromatic rings. The zero-order valence-corrected chi connectivity index (χ0v) is 12.1. The Labute approximate surface area is 117 Å². The van der Waals surface area contributed by atoms with E-state index in [0.29, 0.717) is 10.0 Å². The number of rotatable bonds is 3. The summed E-state index contributed by atoms with van der Waals surface area (Å²) in [5, 5.41) is 6.60. The molecule has 0 aliphatic heterocycles. The van der Waals surface area contributed by atoms with Gasteiger partial charge in [-0.1, -0.05) is 23.2 Å². The molecule has 2 rings (SSSR count). The van der Waals surface area contributed by atoms with E-state index in [1.165, 1.54) is 4.88 Å². The molecule has 0 saturated heterocycles. The lowest BCUT2D eigenvalue weighted by atomic mass is 10.3. The van der Waals surface area contributed by atoms with Gasteiger partial charge < -0.3 is 5.32 Å². The molecule has 0 amide bonds. The zero-order chi connectivity index (χ0) is 11.5. The fourth-order valence-electron chi connectivity index (χ4n) is 1.26. The highest BCUT2D eigenvalue weighted by molar-refractivity contribution is 9.10. The molecule has 0 radical (unpaired) electrons. The molecule has 0 unspecified atom stereocenters. The van der Waals surface area contributed by atoms with Crippen LogP contribution in [0.15, 0.2) is 34.1 Å². The first-order valence-corrected chi connectivity index (χ1v) is 7.00. The van der Waals surface area contributed by atoms with Gasteiger partial charge in [-0.2, -0.15) is 0 Å². The summed E-state index contributed by atoms with van der Waals surface area (Å²) < 4.78 is 1.12. The number of nitrogens with one attached hydrogen (secondary N) is 1. The largest absolute Gasteiger partial charge is 0.379 e. The Morgan fingerprint density at radius 3 is 2.69 bits per heavy atom. The molecule has 1 aromatic heterocycles. The van der Waals surface area contributed by atoms with Crippen molar-refractivity contribution in [3.63, 3.8) is 0 Å². The van der Waals surface area contributed by atoms with Crippen molar-refractivity contribution in [2.75, 3.05) is 5.32 Å². The van der Waals surface area contributed by atoms with Crippen LogP contribution in [0.1, 0.15) is 4.88 Å². The van der Waals surface area contributed by atoms with Gasteiger partial charge in [0.1, 0.15) is 0 Å². The molecule has 16 heavy (non-hydrogen) atoms. The van der Waals surface area contributed by atoms with Crippen molar-refractivity contribution in [1.82, 2.24) is 0 Å². The van der Waals surface area contributed by atoms with E-state index in [2.05, 4.69) is 21.2 Å². The van der Waals surface area contributed by atoms with Gasteiger partial charge >= 0.3 is 0 Å². The second-order valence-electron chi connectivity index (χ2n) is 3.17. The van der Waals surface area contributed by atoms with Crippen LogP contribution < -0.4 is 5.32 Å². The van der Waals surface area contributed by atoms with E-state index in [-0.39, 0.29) is 0 Å². The predicted molar refractivity (Wildman–Crippen MR) is 75.8 cm³/mol. The quantitative estimate of drug-likeness (QED) is 0.788. The van der Waals surface area contributed by atoms with Gasteiger partial charge in [0.25, 0.3) is 0 Å². The third-order valence-corrected chi connectivity index (χ3v) is 4.54. The maximum absolute atomic E-state index is 6.05. The number of anilines is 1. The lowest BCUT2D eigenvalue weighted by molar-refractivity contribution is 1.18. The summed E-state index contributed by atoms with van der Waals surface area (Å²) >= 11 is 17.1. The first-order chi connectivity index (χ1) is 7.66. The normalized spacial score (nSPS) is 10.4. The van der Waals surface area contributed by atoms with Gasteiger partial charge in [-0.15, -0.1) is 11.3 Å². The molecule has 0 fully saturated rings. The molecule has 0 bridgehead atoms. The number of halogens is 3. The molecule has 5 heteroatoms. The van der Waals surface area contributed by atoms with E-state index in [0.717, 1.165) is 16.7 Å².